The molecule has 0 saturated heterocycles. The van der Waals surface area contributed by atoms with E-state index in [1.165, 1.54) is 11.3 Å². The van der Waals surface area contributed by atoms with Crippen LogP contribution in [-0.4, -0.2) is 5.97 Å². The van der Waals surface area contributed by atoms with Crippen LogP contribution in [0.5, 0.6) is 0 Å². The van der Waals surface area contributed by atoms with E-state index in [2.05, 4.69) is 0 Å². The molecule has 0 amide bonds. The summed E-state index contributed by atoms with van der Waals surface area (Å²) in [7, 11) is 0. The molecule has 4 nitrogen and oxygen atoms in total. The van der Waals surface area contributed by atoms with Gasteiger partial charge in [0.15, 0.2) is 0 Å². The lowest BCUT2D eigenvalue weighted by molar-refractivity contribution is 0.0479. The van der Waals surface area contributed by atoms with Crippen molar-refractivity contribution >= 4 is 23.0 Å². The molecule has 0 bridgehead atoms. The minimum atomic E-state index is -0.424. The number of nitrogens with zero attached hydrogens (tertiary/aromatic N) is 1. The van der Waals surface area contributed by atoms with Crippen LogP contribution in [0.1, 0.15) is 20.8 Å². The number of nitrogens with two attached hydrogens (primary N) is 1. The monoisotopic (exact) mass is 258 g/mol. The van der Waals surface area contributed by atoms with Crippen LogP contribution in [0.25, 0.3) is 0 Å². The van der Waals surface area contributed by atoms with Crippen molar-refractivity contribution in [1.82, 2.24) is 0 Å². The Morgan fingerprint density at radius 1 is 1.33 bits per heavy atom. The van der Waals surface area contributed by atoms with E-state index in [4.69, 9.17) is 15.7 Å². The highest BCUT2D eigenvalue weighted by atomic mass is 32.1. The van der Waals surface area contributed by atoms with Gasteiger partial charge in [0.1, 0.15) is 11.5 Å². The molecule has 2 aromatic rings. The predicted octanol–water partition coefficient (Wildman–Crippen LogP) is 2.56. The average molecular weight is 258 g/mol. The van der Waals surface area contributed by atoms with Crippen molar-refractivity contribution in [3.8, 4) is 6.07 Å². The molecule has 0 saturated carbocycles. The van der Waals surface area contributed by atoms with Crippen molar-refractivity contribution in [2.75, 3.05) is 5.73 Å². The molecule has 0 spiro atoms. The molecule has 1 aromatic carbocycles. The Morgan fingerprint density at radius 3 is 2.61 bits per heavy atom. The lowest BCUT2D eigenvalue weighted by Crippen LogP contribution is -2.05. The van der Waals surface area contributed by atoms with Crippen LogP contribution in [0.15, 0.2) is 35.7 Å². The van der Waals surface area contributed by atoms with Gasteiger partial charge in [-0.1, -0.05) is 12.1 Å². The van der Waals surface area contributed by atoms with Gasteiger partial charge in [0.25, 0.3) is 0 Å². The van der Waals surface area contributed by atoms with Crippen molar-refractivity contribution in [1.29, 1.82) is 5.26 Å². The maximum Gasteiger partial charge on any atom is 0.350 e. The number of anilines is 1. The SMILES string of the molecule is N#Cc1ccc(COC(=O)c2sccc2N)cc1. The normalized spacial score (nSPS) is 9.72. The molecule has 2 N–H and O–H groups in total. The molecule has 0 aliphatic heterocycles. The molecule has 18 heavy (non-hydrogen) atoms. The van der Waals surface area contributed by atoms with Crippen LogP contribution in [0.4, 0.5) is 5.69 Å². The van der Waals surface area contributed by atoms with E-state index in [0.717, 1.165) is 5.56 Å². The summed E-state index contributed by atoms with van der Waals surface area (Å²) in [6.45, 7) is 0.169. The third-order valence-electron chi connectivity index (χ3n) is 2.33. The molecule has 1 heterocycles. The summed E-state index contributed by atoms with van der Waals surface area (Å²) in [6, 6.07) is 10.6. The first kappa shape index (κ1) is 12.1. The average Bonchev–Trinajstić information content (AvgIpc) is 2.83. The number of carbonyl (C=O) groups is 1. The second kappa shape index (κ2) is 5.34. The zero-order valence-electron chi connectivity index (χ0n) is 9.42. The summed E-state index contributed by atoms with van der Waals surface area (Å²) in [6.07, 6.45) is 0. The first-order valence-electron chi connectivity index (χ1n) is 5.20. The summed E-state index contributed by atoms with van der Waals surface area (Å²) in [5.74, 6) is -0.424. The largest absolute Gasteiger partial charge is 0.457 e. The van der Waals surface area contributed by atoms with Crippen molar-refractivity contribution in [2.45, 2.75) is 6.61 Å². The van der Waals surface area contributed by atoms with Crippen molar-refractivity contribution in [2.24, 2.45) is 0 Å². The maximum absolute atomic E-state index is 11.7. The lowest BCUT2D eigenvalue weighted by Gasteiger charge is -2.04. The summed E-state index contributed by atoms with van der Waals surface area (Å²) in [5.41, 5.74) is 7.46. The van der Waals surface area contributed by atoms with Crippen molar-refractivity contribution in [3.05, 3.63) is 51.7 Å². The minimum absolute atomic E-state index is 0.169. The zero-order chi connectivity index (χ0) is 13.0. The van der Waals surface area contributed by atoms with Crippen LogP contribution >= 0.6 is 11.3 Å². The molecule has 0 unspecified atom stereocenters. The minimum Gasteiger partial charge on any atom is -0.457 e. The van der Waals surface area contributed by atoms with Gasteiger partial charge in [0.2, 0.25) is 0 Å². The first-order chi connectivity index (χ1) is 8.70. The molecular weight excluding hydrogens is 248 g/mol. The van der Waals surface area contributed by atoms with Gasteiger partial charge < -0.3 is 10.5 Å². The fourth-order valence-corrected chi connectivity index (χ4v) is 2.09. The Balaban J connectivity index is 1.97. The van der Waals surface area contributed by atoms with Crippen LogP contribution in [0, 0.1) is 11.3 Å². The molecule has 5 heteroatoms. The van der Waals surface area contributed by atoms with Gasteiger partial charge in [-0.2, -0.15) is 5.26 Å². The predicted molar refractivity (Wildman–Crippen MR) is 69.0 cm³/mol. The first-order valence-corrected chi connectivity index (χ1v) is 6.08. The molecule has 2 rings (SSSR count). The molecule has 0 radical (unpaired) electrons. The second-order valence-electron chi connectivity index (χ2n) is 3.59. The number of ether oxygens (including phenoxy) is 1. The number of thiophene rings is 1. The van der Waals surface area contributed by atoms with Gasteiger partial charge in [-0.15, -0.1) is 11.3 Å². The quantitative estimate of drug-likeness (QED) is 0.858. The number of esters is 1. The van der Waals surface area contributed by atoms with E-state index in [0.29, 0.717) is 16.1 Å². The number of hydrogen-bond donors (Lipinski definition) is 1. The molecule has 90 valence electrons. The Kier molecular flexibility index (Phi) is 3.60. The van der Waals surface area contributed by atoms with Gasteiger partial charge in [-0.05, 0) is 29.1 Å². The summed E-state index contributed by atoms with van der Waals surface area (Å²) in [5, 5.41) is 10.4. The molecule has 0 aliphatic rings. The fourth-order valence-electron chi connectivity index (χ4n) is 1.37. The summed E-state index contributed by atoms with van der Waals surface area (Å²) in [4.78, 5) is 12.1. The topological polar surface area (TPSA) is 76.1 Å². The molecule has 0 atom stereocenters. The number of carbonyl (C=O) groups excluding carboxylic acids is 1. The van der Waals surface area contributed by atoms with Gasteiger partial charge in [-0.25, -0.2) is 4.79 Å². The number of nitriles is 1. The van der Waals surface area contributed by atoms with E-state index >= 15 is 0 Å². The standard InChI is InChI=1S/C13H10N2O2S/c14-7-9-1-3-10(4-2-9)8-17-13(16)12-11(15)5-6-18-12/h1-6H,8,15H2. The molecule has 1 aromatic heterocycles. The van der Waals surface area contributed by atoms with Gasteiger partial charge in [0.05, 0.1) is 17.3 Å². The fraction of sp³-hybridized carbons (Fsp3) is 0.0769. The van der Waals surface area contributed by atoms with Gasteiger partial charge in [0, 0.05) is 0 Å². The van der Waals surface area contributed by atoms with E-state index in [1.807, 2.05) is 6.07 Å². The third-order valence-corrected chi connectivity index (χ3v) is 3.24. The molecule has 0 fully saturated rings. The Labute approximate surface area is 108 Å². The van der Waals surface area contributed by atoms with Crippen molar-refractivity contribution < 1.29 is 9.53 Å². The zero-order valence-corrected chi connectivity index (χ0v) is 10.2. The van der Waals surface area contributed by atoms with Crippen LogP contribution in [0.3, 0.4) is 0 Å². The maximum atomic E-state index is 11.7. The highest BCUT2D eigenvalue weighted by molar-refractivity contribution is 7.12. The highest BCUT2D eigenvalue weighted by Crippen LogP contribution is 2.20. The van der Waals surface area contributed by atoms with Gasteiger partial charge >= 0.3 is 5.97 Å². The summed E-state index contributed by atoms with van der Waals surface area (Å²) < 4.78 is 5.14. The van der Waals surface area contributed by atoms with Crippen LogP contribution in [-0.2, 0) is 11.3 Å². The molecular formula is C13H10N2O2S. The Bertz CT molecular complexity index is 596. The van der Waals surface area contributed by atoms with Crippen LogP contribution < -0.4 is 5.73 Å². The second-order valence-corrected chi connectivity index (χ2v) is 4.51. The van der Waals surface area contributed by atoms with E-state index in [-0.39, 0.29) is 6.61 Å². The molecule has 0 aliphatic carbocycles. The smallest absolute Gasteiger partial charge is 0.350 e. The highest BCUT2D eigenvalue weighted by Gasteiger charge is 2.12. The number of hydrogen-bond acceptors (Lipinski definition) is 5. The van der Waals surface area contributed by atoms with E-state index < -0.39 is 5.97 Å². The Hall–Kier alpha value is -2.32. The number of benzene rings is 1. The lowest BCUT2D eigenvalue weighted by atomic mass is 10.2. The Morgan fingerprint density at radius 2 is 2.06 bits per heavy atom. The van der Waals surface area contributed by atoms with E-state index in [1.54, 1.807) is 35.7 Å². The summed E-state index contributed by atoms with van der Waals surface area (Å²) >= 11 is 1.26. The van der Waals surface area contributed by atoms with Crippen molar-refractivity contribution in [3.63, 3.8) is 0 Å². The number of rotatable bonds is 3. The van der Waals surface area contributed by atoms with Gasteiger partial charge in [-0.3, -0.25) is 0 Å². The number of nitrogen functional groups attached to an aromatic ring is 1. The third kappa shape index (κ3) is 2.67. The van der Waals surface area contributed by atoms with Crippen LogP contribution in [0.2, 0.25) is 0 Å². The van der Waals surface area contributed by atoms with E-state index in [9.17, 15) is 4.79 Å².